The monoisotopic (exact) mass is 533 g/mol. The van der Waals surface area contributed by atoms with Crippen molar-refractivity contribution in [1.29, 1.82) is 0 Å². The second kappa shape index (κ2) is 11.5. The zero-order chi connectivity index (χ0) is 27.5. The van der Waals surface area contributed by atoms with Gasteiger partial charge in [-0.15, -0.1) is 0 Å². The molecule has 3 heterocycles. The third-order valence-electron chi connectivity index (χ3n) is 8.73. The molecule has 2 unspecified atom stereocenters. The van der Waals surface area contributed by atoms with Gasteiger partial charge in [0.25, 0.3) is 0 Å². The lowest BCUT2D eigenvalue weighted by molar-refractivity contribution is -0.146. The minimum atomic E-state index is -1.02. The molecule has 0 aliphatic carbocycles. The number of ether oxygens (including phenoxy) is 1. The lowest BCUT2D eigenvalue weighted by atomic mass is 9.66. The van der Waals surface area contributed by atoms with Crippen LogP contribution in [0.25, 0.3) is 0 Å². The Morgan fingerprint density at radius 1 is 0.897 bits per heavy atom. The fourth-order valence-electron chi connectivity index (χ4n) is 6.89. The number of fused-ring (bicyclic) bond motifs is 1. The van der Waals surface area contributed by atoms with E-state index in [9.17, 15) is 14.4 Å². The molecule has 3 fully saturated rings. The van der Waals surface area contributed by atoms with E-state index in [1.165, 1.54) is 0 Å². The number of carbonyl (C=O) groups excluding carboxylic acids is 3. The van der Waals surface area contributed by atoms with Gasteiger partial charge < -0.3 is 25.4 Å². The fourth-order valence-corrected chi connectivity index (χ4v) is 6.89. The molecule has 208 valence electrons. The molecule has 1 spiro atoms. The number of hydrogen-bond donors (Lipinski definition) is 3. The van der Waals surface area contributed by atoms with E-state index in [0.29, 0.717) is 38.9 Å². The van der Waals surface area contributed by atoms with Crippen molar-refractivity contribution in [2.24, 2.45) is 11.8 Å². The molecule has 8 nitrogen and oxygen atoms in total. The summed E-state index contributed by atoms with van der Waals surface area (Å²) in [6.45, 7) is 3.20. The third kappa shape index (κ3) is 5.20. The maximum absolute atomic E-state index is 14.1. The van der Waals surface area contributed by atoms with Gasteiger partial charge in [-0.3, -0.25) is 14.4 Å². The second-order valence-corrected chi connectivity index (χ2v) is 11.3. The summed E-state index contributed by atoms with van der Waals surface area (Å²) in [5.41, 5.74) is 0.135. The van der Waals surface area contributed by atoms with E-state index in [0.717, 1.165) is 30.4 Å². The van der Waals surface area contributed by atoms with Crippen LogP contribution in [-0.4, -0.2) is 58.1 Å². The zero-order valence-electron chi connectivity index (χ0n) is 22.6. The average molecular weight is 534 g/mol. The fraction of sp³-hybridized carbons (Fsp3) is 0.516. The largest absolute Gasteiger partial charge is 0.396 e. The minimum Gasteiger partial charge on any atom is -0.396 e. The first-order valence-electron chi connectivity index (χ1n) is 14.1. The third-order valence-corrected chi connectivity index (χ3v) is 8.73. The van der Waals surface area contributed by atoms with Crippen molar-refractivity contribution in [3.05, 3.63) is 71.8 Å². The van der Waals surface area contributed by atoms with Gasteiger partial charge in [0.15, 0.2) is 0 Å². The van der Waals surface area contributed by atoms with Gasteiger partial charge in [0, 0.05) is 26.2 Å². The number of nitrogens with zero attached hydrogens (tertiary/aromatic N) is 1. The number of rotatable bonds is 12. The lowest BCUT2D eigenvalue weighted by Crippen LogP contribution is -2.55. The lowest BCUT2D eigenvalue weighted by Gasteiger charge is -2.33. The molecule has 3 amide bonds. The van der Waals surface area contributed by atoms with Crippen molar-refractivity contribution in [2.75, 3.05) is 13.2 Å². The Morgan fingerprint density at radius 2 is 1.49 bits per heavy atom. The number of likely N-dealkylation sites (tertiary alicyclic amines) is 1. The van der Waals surface area contributed by atoms with Crippen molar-refractivity contribution in [2.45, 2.75) is 75.8 Å². The van der Waals surface area contributed by atoms with Crippen LogP contribution in [0.4, 0.5) is 0 Å². The number of aliphatic hydroxyl groups is 1. The highest BCUT2D eigenvalue weighted by Gasteiger charge is 2.77. The van der Waals surface area contributed by atoms with Crippen molar-refractivity contribution in [3.63, 3.8) is 0 Å². The molecular weight excluding hydrogens is 494 g/mol. The Morgan fingerprint density at radius 3 is 2.10 bits per heavy atom. The molecule has 3 aliphatic rings. The molecule has 3 saturated heterocycles. The summed E-state index contributed by atoms with van der Waals surface area (Å²) < 4.78 is 6.67. The van der Waals surface area contributed by atoms with Gasteiger partial charge in [0.05, 0.1) is 17.4 Å². The van der Waals surface area contributed by atoms with Gasteiger partial charge in [-0.25, -0.2) is 0 Å². The van der Waals surface area contributed by atoms with E-state index in [1.54, 1.807) is 4.90 Å². The topological polar surface area (TPSA) is 108 Å². The normalized spacial score (nSPS) is 28.9. The first kappa shape index (κ1) is 27.3. The Balaban J connectivity index is 1.38. The van der Waals surface area contributed by atoms with E-state index in [1.807, 2.05) is 67.6 Å². The van der Waals surface area contributed by atoms with E-state index >= 15 is 0 Å². The van der Waals surface area contributed by atoms with Gasteiger partial charge in [0.2, 0.25) is 17.7 Å². The van der Waals surface area contributed by atoms with Crippen LogP contribution in [0.15, 0.2) is 60.7 Å². The Hall–Kier alpha value is -3.23. The molecule has 0 radical (unpaired) electrons. The first-order chi connectivity index (χ1) is 18.9. The maximum atomic E-state index is 14.1. The maximum Gasteiger partial charge on any atom is 0.246 e. The van der Waals surface area contributed by atoms with Gasteiger partial charge in [-0.2, -0.15) is 0 Å². The number of benzene rings is 2. The summed E-state index contributed by atoms with van der Waals surface area (Å²) in [6.07, 6.45) is 4.32. The van der Waals surface area contributed by atoms with Crippen molar-refractivity contribution in [1.82, 2.24) is 15.5 Å². The van der Waals surface area contributed by atoms with Crippen LogP contribution in [0, 0.1) is 11.8 Å². The smallest absolute Gasteiger partial charge is 0.246 e. The molecule has 2 aromatic rings. The number of aliphatic hydroxyl groups excluding tert-OH is 1. The van der Waals surface area contributed by atoms with E-state index in [-0.39, 0.29) is 24.3 Å². The molecule has 2 bridgehead atoms. The number of nitrogens with one attached hydrogen (secondary N) is 2. The van der Waals surface area contributed by atoms with Crippen LogP contribution >= 0.6 is 0 Å². The Kier molecular flexibility index (Phi) is 8.05. The van der Waals surface area contributed by atoms with Gasteiger partial charge in [-0.05, 0) is 43.7 Å². The van der Waals surface area contributed by atoms with E-state index < -0.39 is 29.1 Å². The molecule has 8 heteroatoms. The molecule has 5 atom stereocenters. The summed E-state index contributed by atoms with van der Waals surface area (Å²) in [7, 11) is 0. The number of carbonyl (C=O) groups is 3. The van der Waals surface area contributed by atoms with Crippen molar-refractivity contribution in [3.8, 4) is 0 Å². The van der Waals surface area contributed by atoms with Crippen LogP contribution in [-0.2, 0) is 32.2 Å². The number of unbranched alkanes of at least 4 members (excludes halogenated alkanes) is 3. The van der Waals surface area contributed by atoms with Crippen LogP contribution < -0.4 is 10.6 Å². The second-order valence-electron chi connectivity index (χ2n) is 11.3. The Bertz CT molecular complexity index is 1180. The molecule has 3 N–H and O–H groups in total. The summed E-state index contributed by atoms with van der Waals surface area (Å²) in [5.74, 6) is -1.96. The molecule has 0 aromatic heterocycles. The summed E-state index contributed by atoms with van der Waals surface area (Å²) in [4.78, 5) is 43.2. The predicted molar refractivity (Wildman–Crippen MR) is 146 cm³/mol. The van der Waals surface area contributed by atoms with Gasteiger partial charge in [0.1, 0.15) is 11.6 Å². The SMILES string of the molecule is C[C@@]12CCC3(O1)C(C(=O)NCc1ccccc1)N(CCCCCCO)C(=O)[C@@H]3[C@@H]2C(=O)NCc1ccccc1. The Labute approximate surface area is 230 Å². The standard InChI is InChI=1S/C31H39N3O5/c1-30-16-17-31(39-30)25(24(30)27(36)32-20-22-12-6-4-7-13-22)29(38)34(18-10-2-3-11-19-35)26(31)28(37)33-21-23-14-8-5-9-15-23/h4-9,12-15,24-26,35H,2-3,10-11,16-21H2,1H3,(H,32,36)(H,33,37)/t24-,25+,26?,30+,31?/m1/s1. The van der Waals surface area contributed by atoms with Crippen LogP contribution in [0.5, 0.6) is 0 Å². The van der Waals surface area contributed by atoms with Crippen molar-refractivity contribution >= 4 is 17.7 Å². The predicted octanol–water partition coefficient (Wildman–Crippen LogP) is 2.94. The summed E-state index contributed by atoms with van der Waals surface area (Å²) in [5, 5.41) is 15.2. The van der Waals surface area contributed by atoms with Crippen LogP contribution in [0.2, 0.25) is 0 Å². The number of amides is 3. The van der Waals surface area contributed by atoms with Gasteiger partial charge >= 0.3 is 0 Å². The quantitative estimate of drug-likeness (QED) is 0.364. The van der Waals surface area contributed by atoms with E-state index in [4.69, 9.17) is 9.84 Å². The highest BCUT2D eigenvalue weighted by Crippen LogP contribution is 2.63. The highest BCUT2D eigenvalue weighted by atomic mass is 16.5. The average Bonchev–Trinajstić information content (AvgIpc) is 3.52. The van der Waals surface area contributed by atoms with E-state index in [2.05, 4.69) is 10.6 Å². The summed E-state index contributed by atoms with van der Waals surface area (Å²) >= 11 is 0. The minimum absolute atomic E-state index is 0.143. The molecule has 5 rings (SSSR count). The highest BCUT2D eigenvalue weighted by molar-refractivity contribution is 5.99. The molecular formula is C31H39N3O5. The summed E-state index contributed by atoms with van der Waals surface area (Å²) in [6, 6.07) is 18.6. The van der Waals surface area contributed by atoms with Crippen LogP contribution in [0.3, 0.4) is 0 Å². The molecule has 3 aliphatic heterocycles. The first-order valence-corrected chi connectivity index (χ1v) is 14.1. The number of hydrogen-bond acceptors (Lipinski definition) is 5. The van der Waals surface area contributed by atoms with Crippen LogP contribution in [0.1, 0.15) is 56.6 Å². The van der Waals surface area contributed by atoms with Crippen molar-refractivity contribution < 1.29 is 24.2 Å². The molecule has 0 saturated carbocycles. The molecule has 39 heavy (non-hydrogen) atoms. The van der Waals surface area contributed by atoms with Gasteiger partial charge in [-0.1, -0.05) is 73.5 Å². The molecule has 2 aromatic carbocycles. The zero-order valence-corrected chi connectivity index (χ0v) is 22.6.